The van der Waals surface area contributed by atoms with Gasteiger partial charge in [-0.1, -0.05) is 0 Å². The Morgan fingerprint density at radius 2 is 2.25 bits per heavy atom. The van der Waals surface area contributed by atoms with E-state index in [1.165, 1.54) is 11.3 Å². The summed E-state index contributed by atoms with van der Waals surface area (Å²) < 4.78 is 0. The zero-order valence-electron chi connectivity index (χ0n) is 10.5. The van der Waals surface area contributed by atoms with Crippen molar-refractivity contribution in [2.45, 2.75) is 13.5 Å². The molecule has 0 aliphatic rings. The molecule has 0 saturated carbocycles. The molecule has 2 aromatic rings. The summed E-state index contributed by atoms with van der Waals surface area (Å²) in [5, 5.41) is 14.5. The molecule has 0 atom stereocenters. The van der Waals surface area contributed by atoms with Crippen molar-refractivity contribution in [3.05, 3.63) is 44.0 Å². The van der Waals surface area contributed by atoms with E-state index >= 15 is 0 Å². The van der Waals surface area contributed by atoms with Gasteiger partial charge in [0.15, 0.2) is 0 Å². The molecule has 0 radical (unpaired) electrons. The summed E-state index contributed by atoms with van der Waals surface area (Å²) in [7, 11) is 0. The molecule has 0 spiro atoms. The molecule has 20 heavy (non-hydrogen) atoms. The number of nitrogens with one attached hydrogen (secondary N) is 1. The average molecular weight is 293 g/mol. The van der Waals surface area contributed by atoms with Gasteiger partial charge in [-0.2, -0.15) is 0 Å². The summed E-state index contributed by atoms with van der Waals surface area (Å²) in [5.41, 5.74) is 4.91. The van der Waals surface area contributed by atoms with Crippen molar-refractivity contribution in [3.8, 4) is 0 Å². The molecule has 0 aromatic carbocycles. The second-order valence-electron chi connectivity index (χ2n) is 3.91. The minimum Gasteiger partial charge on any atom is -0.365 e. The number of hydrogen-bond donors (Lipinski definition) is 2. The summed E-state index contributed by atoms with van der Waals surface area (Å²) >= 11 is 1.50. The second kappa shape index (κ2) is 5.61. The number of carbonyl (C=O) groups is 1. The molecule has 104 valence electrons. The summed E-state index contributed by atoms with van der Waals surface area (Å²) in [6, 6.07) is 1.11. The van der Waals surface area contributed by atoms with E-state index in [1.54, 1.807) is 6.20 Å². The molecule has 3 N–H and O–H groups in total. The number of nitrogens with two attached hydrogens (primary N) is 1. The highest BCUT2D eigenvalue weighted by Gasteiger charge is 2.16. The highest BCUT2D eigenvalue weighted by Crippen LogP contribution is 2.20. The number of anilines is 1. The van der Waals surface area contributed by atoms with E-state index < -0.39 is 10.8 Å². The van der Waals surface area contributed by atoms with Crippen LogP contribution < -0.4 is 11.1 Å². The van der Waals surface area contributed by atoms with Gasteiger partial charge in [0.05, 0.1) is 22.0 Å². The highest BCUT2D eigenvalue weighted by atomic mass is 32.1. The molecule has 0 fully saturated rings. The predicted octanol–water partition coefficient (Wildman–Crippen LogP) is 1.47. The van der Waals surface area contributed by atoms with Gasteiger partial charge in [0.2, 0.25) is 0 Å². The third-order valence-electron chi connectivity index (χ3n) is 2.45. The fourth-order valence-electron chi connectivity index (χ4n) is 1.54. The minimum atomic E-state index is -0.774. The third-order valence-corrected chi connectivity index (χ3v) is 3.36. The number of amides is 1. The Hall–Kier alpha value is -2.55. The molecule has 0 bridgehead atoms. The first-order valence-corrected chi connectivity index (χ1v) is 6.38. The lowest BCUT2D eigenvalue weighted by molar-refractivity contribution is -0.385. The number of aryl methyl sites for hydroxylation is 1. The predicted molar refractivity (Wildman–Crippen MR) is 73.6 cm³/mol. The fraction of sp³-hybridized carbons (Fsp3) is 0.182. The summed E-state index contributed by atoms with van der Waals surface area (Å²) in [6.07, 6.45) is 2.79. The standard InChI is InChI=1S/C11H11N5O3S/c1-6-13-4-8(20-6)5-15-11-9(10(12)17)2-7(3-14-11)16(18)19/h2-4H,5H2,1H3,(H2,12,17)(H,14,15). The van der Waals surface area contributed by atoms with Gasteiger partial charge < -0.3 is 11.1 Å². The number of aromatic nitrogens is 2. The molecule has 0 aliphatic carbocycles. The van der Waals surface area contributed by atoms with E-state index in [9.17, 15) is 14.9 Å². The van der Waals surface area contributed by atoms with Crippen LogP contribution in [0.4, 0.5) is 11.5 Å². The zero-order valence-corrected chi connectivity index (χ0v) is 11.3. The molecule has 1 amide bonds. The molecule has 2 aromatic heterocycles. The van der Waals surface area contributed by atoms with Crippen LogP contribution in [0, 0.1) is 17.0 Å². The summed E-state index contributed by atoms with van der Waals surface area (Å²) in [5.74, 6) is -0.557. The fourth-order valence-corrected chi connectivity index (χ4v) is 2.27. The van der Waals surface area contributed by atoms with Crippen LogP contribution >= 0.6 is 11.3 Å². The first-order chi connectivity index (χ1) is 9.47. The average Bonchev–Trinajstić information content (AvgIpc) is 2.81. The minimum absolute atomic E-state index is 0.0135. The number of hydrogen-bond acceptors (Lipinski definition) is 7. The number of thiazole rings is 1. The topological polar surface area (TPSA) is 124 Å². The van der Waals surface area contributed by atoms with E-state index in [0.717, 1.165) is 22.1 Å². The van der Waals surface area contributed by atoms with Crippen molar-refractivity contribution in [2.24, 2.45) is 5.73 Å². The van der Waals surface area contributed by atoms with Gasteiger partial charge in [-0.15, -0.1) is 11.3 Å². The van der Waals surface area contributed by atoms with Crippen LogP contribution in [0.15, 0.2) is 18.5 Å². The quantitative estimate of drug-likeness (QED) is 0.635. The van der Waals surface area contributed by atoms with E-state index in [-0.39, 0.29) is 17.1 Å². The van der Waals surface area contributed by atoms with Crippen molar-refractivity contribution in [2.75, 3.05) is 5.32 Å². The van der Waals surface area contributed by atoms with Crippen LogP contribution in [-0.2, 0) is 6.54 Å². The SMILES string of the molecule is Cc1ncc(CNc2ncc([N+](=O)[O-])cc2C(N)=O)s1. The van der Waals surface area contributed by atoms with Gasteiger partial charge in [0.1, 0.15) is 12.0 Å². The molecule has 0 saturated heterocycles. The largest absolute Gasteiger partial charge is 0.365 e. The lowest BCUT2D eigenvalue weighted by atomic mass is 10.2. The number of carbonyl (C=O) groups excluding carboxylic acids is 1. The zero-order chi connectivity index (χ0) is 14.7. The Kier molecular flexibility index (Phi) is 3.89. The molecule has 0 aliphatic heterocycles. The Bertz CT molecular complexity index is 670. The van der Waals surface area contributed by atoms with Crippen molar-refractivity contribution >= 4 is 28.7 Å². The van der Waals surface area contributed by atoms with Crippen LogP contribution in [0.5, 0.6) is 0 Å². The maximum absolute atomic E-state index is 11.3. The van der Waals surface area contributed by atoms with E-state index in [0.29, 0.717) is 6.54 Å². The van der Waals surface area contributed by atoms with Crippen LogP contribution in [0.25, 0.3) is 0 Å². The van der Waals surface area contributed by atoms with Gasteiger partial charge >= 0.3 is 0 Å². The van der Waals surface area contributed by atoms with E-state index in [4.69, 9.17) is 5.73 Å². The van der Waals surface area contributed by atoms with Crippen LogP contribution in [0.1, 0.15) is 20.2 Å². The Labute approximate surface area is 117 Å². The number of rotatable bonds is 5. The summed E-state index contributed by atoms with van der Waals surface area (Å²) in [6.45, 7) is 2.30. The molecule has 8 nitrogen and oxygen atoms in total. The lowest BCUT2D eigenvalue weighted by Gasteiger charge is -2.07. The smallest absolute Gasteiger partial charge is 0.288 e. The molecule has 2 heterocycles. The second-order valence-corrected chi connectivity index (χ2v) is 5.23. The maximum Gasteiger partial charge on any atom is 0.288 e. The first kappa shape index (κ1) is 13.9. The monoisotopic (exact) mass is 293 g/mol. The number of nitro groups is 1. The molecule has 0 unspecified atom stereocenters. The van der Waals surface area contributed by atoms with Crippen molar-refractivity contribution in [3.63, 3.8) is 0 Å². The van der Waals surface area contributed by atoms with E-state index in [1.807, 2.05) is 6.92 Å². The number of pyridine rings is 1. The maximum atomic E-state index is 11.3. The number of nitrogens with zero attached hydrogens (tertiary/aromatic N) is 3. The van der Waals surface area contributed by atoms with Gasteiger partial charge in [-0.05, 0) is 6.92 Å². The van der Waals surface area contributed by atoms with Crippen LogP contribution in [0.2, 0.25) is 0 Å². The normalized spacial score (nSPS) is 10.2. The molecular formula is C11H11N5O3S. The molecule has 2 rings (SSSR count). The van der Waals surface area contributed by atoms with Crippen molar-refractivity contribution < 1.29 is 9.72 Å². The van der Waals surface area contributed by atoms with Gasteiger partial charge in [-0.25, -0.2) is 9.97 Å². The van der Waals surface area contributed by atoms with Crippen LogP contribution in [0.3, 0.4) is 0 Å². The van der Waals surface area contributed by atoms with Crippen LogP contribution in [-0.4, -0.2) is 20.8 Å². The van der Waals surface area contributed by atoms with Gasteiger partial charge in [-0.3, -0.25) is 14.9 Å². The van der Waals surface area contributed by atoms with Gasteiger partial charge in [0.25, 0.3) is 11.6 Å². The summed E-state index contributed by atoms with van der Waals surface area (Å²) in [4.78, 5) is 30.3. The lowest BCUT2D eigenvalue weighted by Crippen LogP contribution is -2.15. The van der Waals surface area contributed by atoms with Gasteiger partial charge in [0, 0.05) is 17.1 Å². The Morgan fingerprint density at radius 1 is 1.50 bits per heavy atom. The number of primary amides is 1. The molecular weight excluding hydrogens is 282 g/mol. The van der Waals surface area contributed by atoms with Crippen molar-refractivity contribution in [1.82, 2.24) is 9.97 Å². The first-order valence-electron chi connectivity index (χ1n) is 5.57. The van der Waals surface area contributed by atoms with Crippen molar-refractivity contribution in [1.29, 1.82) is 0 Å². The third kappa shape index (κ3) is 3.06. The van der Waals surface area contributed by atoms with E-state index in [2.05, 4.69) is 15.3 Å². The highest BCUT2D eigenvalue weighted by molar-refractivity contribution is 7.11. The molecule has 9 heteroatoms. The Balaban J connectivity index is 2.22. The Morgan fingerprint density at radius 3 is 2.80 bits per heavy atom.